The van der Waals surface area contributed by atoms with Crippen molar-refractivity contribution in [3.63, 3.8) is 0 Å². The van der Waals surface area contributed by atoms with Gasteiger partial charge in [0.05, 0.1) is 53.0 Å². The molecule has 59 heavy (non-hydrogen) atoms. The summed E-state index contributed by atoms with van der Waals surface area (Å²) in [7, 11) is 3.42. The van der Waals surface area contributed by atoms with Crippen LogP contribution in [0, 0.1) is 30.6 Å². The number of carbonyl (C=O) groups excluding carboxylic acids is 3. The van der Waals surface area contributed by atoms with E-state index in [4.69, 9.17) is 18.9 Å². The SMILES string of the molecule is CO[C@H]1C=CO[C@@]2(C)Oc3c(C)c(O)c4c(O)c(c(/C=N/N5CCN(C)CC5)c(O)c4c3C2=O)NC(=O)C(C)=CC=CC(C)[C@@H](O)[C@@H](C)[C@@H](O)[C@@H](C)[C@@H](OC(C)=O)[C@@H]1C. The number of nitrogens with zero attached hydrogens (tertiary/aromatic N) is 3. The number of anilines is 1. The number of hydrazone groups is 1. The Morgan fingerprint density at radius 3 is 2.24 bits per heavy atom. The van der Waals surface area contributed by atoms with Gasteiger partial charge in [0.2, 0.25) is 0 Å². The van der Waals surface area contributed by atoms with E-state index in [1.807, 2.05) is 7.05 Å². The highest BCUT2D eigenvalue weighted by Gasteiger charge is 2.50. The van der Waals surface area contributed by atoms with E-state index >= 15 is 0 Å². The third-order valence-electron chi connectivity index (χ3n) is 11.9. The molecule has 16 nitrogen and oxygen atoms in total. The van der Waals surface area contributed by atoms with Crippen molar-refractivity contribution in [3.05, 3.63) is 52.8 Å². The molecule has 0 spiro atoms. The van der Waals surface area contributed by atoms with Crippen LogP contribution in [0.1, 0.15) is 70.0 Å². The minimum atomic E-state index is -2.04. The Balaban J connectivity index is 1.70. The molecule has 0 aliphatic carbocycles. The standard InChI is InChI=1S/C43H58N4O12/c1-21-12-11-13-22(2)42(55)45-33-28(20-44-47-17-15-46(9)16-18-47)37(52)30-31(38(33)53)36(51)26(6)40-32(30)41(54)43(8,59-40)57-19-14-29(56-10)23(3)39(58-27(7)48)25(5)35(50)24(4)34(21)49/h11-14,19-21,23-25,29,34-35,39,49-53H,15-18H2,1-10H3,(H,45,55)/b12-11?,19-14?,22-13?,44-20+/t21?,23-,24-,25-,29+,34-,35-,39+,43+/m1/s1. The largest absolute Gasteiger partial charge is 0.507 e. The monoisotopic (exact) mass is 822 g/mol. The lowest BCUT2D eigenvalue weighted by Crippen LogP contribution is -2.46. The molecule has 1 saturated heterocycles. The van der Waals surface area contributed by atoms with E-state index in [1.165, 1.54) is 59.4 Å². The van der Waals surface area contributed by atoms with Crippen LogP contribution in [0.3, 0.4) is 0 Å². The molecule has 0 radical (unpaired) electrons. The van der Waals surface area contributed by atoms with Crippen LogP contribution < -0.4 is 10.1 Å². The maximum Gasteiger partial charge on any atom is 0.312 e. The van der Waals surface area contributed by atoms with Gasteiger partial charge in [0, 0.05) is 87.3 Å². The van der Waals surface area contributed by atoms with Gasteiger partial charge in [-0.15, -0.1) is 0 Å². The quantitative estimate of drug-likeness (QED) is 0.109. The number of Topliss-reactive ketones (excluding diaryl/α,β-unsaturated/α-hetero) is 1. The Morgan fingerprint density at radius 1 is 0.949 bits per heavy atom. The zero-order chi connectivity index (χ0) is 43.7. The van der Waals surface area contributed by atoms with E-state index < -0.39 is 88.8 Å². The minimum absolute atomic E-state index is 0.0559. The van der Waals surface area contributed by atoms with Crippen molar-refractivity contribution in [1.29, 1.82) is 0 Å². The molecule has 1 unspecified atom stereocenters. The normalized spacial score (nSPS) is 30.1. The van der Waals surface area contributed by atoms with Crippen LogP contribution in [0.5, 0.6) is 23.0 Å². The van der Waals surface area contributed by atoms with Gasteiger partial charge in [-0.3, -0.25) is 19.4 Å². The number of fused-ring (bicyclic) bond motifs is 14. The van der Waals surface area contributed by atoms with Crippen molar-refractivity contribution >= 4 is 40.3 Å². The number of nitrogens with one attached hydrogen (secondary N) is 1. The van der Waals surface area contributed by atoms with E-state index in [0.29, 0.717) is 13.1 Å². The molecule has 6 N–H and O–H groups in total. The smallest absolute Gasteiger partial charge is 0.312 e. The number of amides is 1. The number of ether oxygens (including phenoxy) is 4. The predicted octanol–water partition coefficient (Wildman–Crippen LogP) is 4.34. The highest BCUT2D eigenvalue weighted by Crippen LogP contribution is 2.55. The van der Waals surface area contributed by atoms with Crippen LogP contribution >= 0.6 is 0 Å². The first-order chi connectivity index (χ1) is 27.7. The molecule has 1 amide bonds. The summed E-state index contributed by atoms with van der Waals surface area (Å²) in [4.78, 5) is 42.6. The minimum Gasteiger partial charge on any atom is -0.507 e. The molecule has 0 aromatic heterocycles. The molecular formula is C43H58N4O12. The Hall–Kier alpha value is -5.16. The number of ketones is 1. The molecule has 1 fully saturated rings. The number of esters is 1. The predicted molar refractivity (Wildman–Crippen MR) is 220 cm³/mol. The molecule has 2 aromatic carbocycles. The van der Waals surface area contributed by atoms with Crippen LogP contribution in [0.25, 0.3) is 10.8 Å². The average molecular weight is 823 g/mol. The fourth-order valence-electron chi connectivity index (χ4n) is 7.92. The van der Waals surface area contributed by atoms with Gasteiger partial charge < -0.3 is 54.7 Å². The number of aromatic hydroxyl groups is 3. The topological polar surface area (TPSA) is 220 Å². The van der Waals surface area contributed by atoms with Crippen LogP contribution in [0.4, 0.5) is 5.69 Å². The highest BCUT2D eigenvalue weighted by molar-refractivity contribution is 6.23. The Kier molecular flexibility index (Phi) is 13.7. The number of phenols is 3. The number of carbonyl (C=O) groups is 3. The molecule has 4 aliphatic rings. The number of methoxy groups -OCH3 is 1. The number of likely N-dealkylation sites (N-methyl/N-ethyl adjacent to an activating group) is 1. The maximum atomic E-state index is 14.4. The van der Waals surface area contributed by atoms with E-state index in [9.17, 15) is 39.9 Å². The zero-order valence-corrected chi connectivity index (χ0v) is 35.3. The molecule has 6 rings (SSSR count). The lowest BCUT2D eigenvalue weighted by Gasteiger charge is -2.38. The van der Waals surface area contributed by atoms with Gasteiger partial charge in [0.15, 0.2) is 5.75 Å². The van der Waals surface area contributed by atoms with Gasteiger partial charge in [-0.1, -0.05) is 45.9 Å². The van der Waals surface area contributed by atoms with Crippen molar-refractivity contribution in [2.24, 2.45) is 28.8 Å². The molecule has 322 valence electrons. The van der Waals surface area contributed by atoms with E-state index in [1.54, 1.807) is 44.9 Å². The summed E-state index contributed by atoms with van der Waals surface area (Å²) < 4.78 is 23.6. The fraction of sp³-hybridized carbons (Fsp3) is 0.535. The van der Waals surface area contributed by atoms with Gasteiger partial charge >= 0.3 is 11.8 Å². The van der Waals surface area contributed by atoms with Crippen LogP contribution in [-0.4, -0.2) is 130 Å². The molecule has 9 atom stereocenters. The maximum absolute atomic E-state index is 14.4. The average Bonchev–Trinajstić information content (AvgIpc) is 3.46. The Bertz CT molecular complexity index is 2070. The van der Waals surface area contributed by atoms with Crippen molar-refractivity contribution < 1.29 is 58.9 Å². The number of benzene rings is 2. The fourth-order valence-corrected chi connectivity index (χ4v) is 7.92. The molecule has 4 heterocycles. The number of piperazine rings is 1. The molecule has 16 heteroatoms. The van der Waals surface area contributed by atoms with Crippen LogP contribution in [0.2, 0.25) is 0 Å². The van der Waals surface area contributed by atoms with Crippen molar-refractivity contribution in [1.82, 2.24) is 9.91 Å². The van der Waals surface area contributed by atoms with Crippen molar-refractivity contribution in [2.45, 2.75) is 85.6 Å². The number of allylic oxidation sites excluding steroid dienone is 2. The van der Waals surface area contributed by atoms with Gasteiger partial charge in [0.1, 0.15) is 23.4 Å². The summed E-state index contributed by atoms with van der Waals surface area (Å²) >= 11 is 0. The number of aliphatic hydroxyl groups is 2. The summed E-state index contributed by atoms with van der Waals surface area (Å²) in [5.41, 5.74) is -0.350. The van der Waals surface area contributed by atoms with Crippen molar-refractivity contribution in [3.8, 4) is 23.0 Å². The molecule has 0 saturated carbocycles. The first-order valence-corrected chi connectivity index (χ1v) is 19.8. The number of rotatable bonds is 4. The molecule has 4 aliphatic heterocycles. The lowest BCUT2D eigenvalue weighted by atomic mass is 9.78. The van der Waals surface area contributed by atoms with Gasteiger partial charge in [-0.25, -0.2) is 0 Å². The molecule has 2 aromatic rings. The first-order valence-electron chi connectivity index (χ1n) is 19.8. The van der Waals surface area contributed by atoms with Crippen molar-refractivity contribution in [2.75, 3.05) is 45.7 Å². The van der Waals surface area contributed by atoms with Gasteiger partial charge in [0.25, 0.3) is 11.7 Å². The van der Waals surface area contributed by atoms with E-state index in [0.717, 1.165) is 13.1 Å². The Labute approximate surface area is 344 Å². The third-order valence-corrected chi connectivity index (χ3v) is 11.9. The van der Waals surface area contributed by atoms with Crippen LogP contribution in [-0.2, 0) is 23.8 Å². The number of hydrogen-bond donors (Lipinski definition) is 6. The summed E-state index contributed by atoms with van der Waals surface area (Å²) in [6.45, 7) is 15.1. The highest BCUT2D eigenvalue weighted by atomic mass is 16.7. The second-order valence-electron chi connectivity index (χ2n) is 16.1. The summed E-state index contributed by atoms with van der Waals surface area (Å²) in [5, 5.41) is 66.8. The second kappa shape index (κ2) is 18.0. The Morgan fingerprint density at radius 2 is 1.61 bits per heavy atom. The van der Waals surface area contributed by atoms with Crippen LogP contribution in [0.15, 0.2) is 41.2 Å². The van der Waals surface area contributed by atoms with E-state index in [-0.39, 0.29) is 44.5 Å². The van der Waals surface area contributed by atoms with E-state index in [2.05, 4.69) is 15.3 Å². The number of aliphatic hydroxyl groups excluding tert-OH is 2. The first kappa shape index (κ1) is 44.9. The van der Waals surface area contributed by atoms with Gasteiger partial charge in [-0.05, 0) is 27.0 Å². The summed E-state index contributed by atoms with van der Waals surface area (Å²) in [6, 6.07) is 0. The molecular weight excluding hydrogens is 764 g/mol. The summed E-state index contributed by atoms with van der Waals surface area (Å²) in [6.07, 6.45) is 4.86. The molecule has 5 bridgehead atoms. The lowest BCUT2D eigenvalue weighted by molar-refractivity contribution is -0.160. The number of phenolic OH excluding ortho intramolecular Hbond substituents is 3. The zero-order valence-electron chi connectivity index (χ0n) is 35.3. The second-order valence-corrected chi connectivity index (χ2v) is 16.1. The number of hydrogen-bond acceptors (Lipinski definition) is 15. The van der Waals surface area contributed by atoms with Gasteiger partial charge in [-0.2, -0.15) is 5.10 Å². The summed E-state index contributed by atoms with van der Waals surface area (Å²) in [5.74, 6) is -8.34. The third kappa shape index (κ3) is 8.91.